The molecule has 1 saturated heterocycles. The van der Waals surface area contributed by atoms with E-state index in [1.807, 2.05) is 0 Å². The Hall–Kier alpha value is -3.08. The molecule has 0 saturated carbocycles. The van der Waals surface area contributed by atoms with Crippen molar-refractivity contribution < 1.29 is 13.9 Å². The standard InChI is InChI=1S/C21H22ClFN6O3/c22-15-7-13(1-2-16(15)23)32-11-18-28-20-14(21(31)29-18)4-6-26-17(20)9-25-10-19(30)27-12-3-5-24-8-12/h1-2,4,6-7,12,24-25H,3,5,8-11H2,(H,27,30)(H,28,29,31). The summed E-state index contributed by atoms with van der Waals surface area (Å²) in [5.74, 6) is -0.0239. The number of ether oxygens (including phenoxy) is 1. The lowest BCUT2D eigenvalue weighted by Gasteiger charge is -2.12. The Bertz CT molecular complexity index is 1180. The van der Waals surface area contributed by atoms with Gasteiger partial charge in [0.05, 0.1) is 22.6 Å². The van der Waals surface area contributed by atoms with Crippen LogP contribution in [0.25, 0.3) is 10.9 Å². The molecule has 0 bridgehead atoms. The molecule has 32 heavy (non-hydrogen) atoms. The number of pyridine rings is 1. The Morgan fingerprint density at radius 2 is 2.22 bits per heavy atom. The van der Waals surface area contributed by atoms with Crippen molar-refractivity contribution in [3.8, 4) is 5.75 Å². The molecular weight excluding hydrogens is 439 g/mol. The van der Waals surface area contributed by atoms with Gasteiger partial charge in [0.25, 0.3) is 5.56 Å². The zero-order valence-electron chi connectivity index (χ0n) is 17.1. The molecule has 2 aromatic heterocycles. The van der Waals surface area contributed by atoms with Crippen LogP contribution in [0.4, 0.5) is 4.39 Å². The fraction of sp³-hybridized carbons (Fsp3) is 0.333. The van der Waals surface area contributed by atoms with Crippen LogP contribution in [-0.4, -0.2) is 46.5 Å². The maximum absolute atomic E-state index is 13.3. The lowest BCUT2D eigenvalue weighted by atomic mass is 10.2. The summed E-state index contributed by atoms with van der Waals surface area (Å²) in [6, 6.07) is 5.71. The predicted molar refractivity (Wildman–Crippen MR) is 117 cm³/mol. The minimum atomic E-state index is -0.548. The first-order valence-electron chi connectivity index (χ1n) is 10.1. The van der Waals surface area contributed by atoms with Crippen molar-refractivity contribution in [1.82, 2.24) is 30.9 Å². The summed E-state index contributed by atoms with van der Waals surface area (Å²) in [7, 11) is 0. The van der Waals surface area contributed by atoms with Crippen LogP contribution in [0.2, 0.25) is 5.02 Å². The van der Waals surface area contributed by atoms with Gasteiger partial charge in [0, 0.05) is 31.4 Å². The van der Waals surface area contributed by atoms with Crippen LogP contribution in [0.5, 0.6) is 5.75 Å². The fourth-order valence-corrected chi connectivity index (χ4v) is 3.60. The first-order chi connectivity index (χ1) is 15.5. The van der Waals surface area contributed by atoms with Crippen LogP contribution in [0.15, 0.2) is 35.3 Å². The molecule has 1 aliphatic heterocycles. The monoisotopic (exact) mass is 460 g/mol. The molecule has 1 fully saturated rings. The molecule has 0 spiro atoms. The van der Waals surface area contributed by atoms with Gasteiger partial charge in [-0.2, -0.15) is 0 Å². The van der Waals surface area contributed by atoms with Gasteiger partial charge in [-0.05, 0) is 31.2 Å². The predicted octanol–water partition coefficient (Wildman–Crippen LogP) is 1.26. The molecule has 1 atom stereocenters. The van der Waals surface area contributed by atoms with Crippen molar-refractivity contribution in [2.75, 3.05) is 19.6 Å². The SMILES string of the molecule is O=C(CNCc1nccc2c(=O)[nH]c(COc3ccc(F)c(Cl)c3)nc12)NC1CCNC1. The molecule has 1 amide bonds. The van der Waals surface area contributed by atoms with Gasteiger partial charge >= 0.3 is 0 Å². The van der Waals surface area contributed by atoms with Crippen molar-refractivity contribution in [2.24, 2.45) is 0 Å². The highest BCUT2D eigenvalue weighted by atomic mass is 35.5. The smallest absolute Gasteiger partial charge is 0.258 e. The number of fused-ring (bicyclic) bond motifs is 1. The van der Waals surface area contributed by atoms with Crippen molar-refractivity contribution in [3.63, 3.8) is 0 Å². The number of rotatable bonds is 8. The molecule has 0 radical (unpaired) electrons. The molecular formula is C21H22ClFN6O3. The van der Waals surface area contributed by atoms with Crippen molar-refractivity contribution >= 4 is 28.4 Å². The van der Waals surface area contributed by atoms with Crippen molar-refractivity contribution in [1.29, 1.82) is 0 Å². The molecule has 1 aromatic carbocycles. The topological polar surface area (TPSA) is 121 Å². The van der Waals surface area contributed by atoms with Gasteiger partial charge in [0.2, 0.25) is 5.91 Å². The van der Waals surface area contributed by atoms with E-state index in [-0.39, 0.29) is 48.1 Å². The fourth-order valence-electron chi connectivity index (χ4n) is 3.43. The van der Waals surface area contributed by atoms with Crippen LogP contribution in [0.3, 0.4) is 0 Å². The van der Waals surface area contributed by atoms with Gasteiger partial charge in [-0.1, -0.05) is 11.6 Å². The number of nitrogens with one attached hydrogen (secondary N) is 4. The third kappa shape index (κ3) is 5.39. The Labute approximate surface area is 187 Å². The second-order valence-corrected chi connectivity index (χ2v) is 7.80. The second kappa shape index (κ2) is 10.0. The number of hydrogen-bond donors (Lipinski definition) is 4. The molecule has 11 heteroatoms. The zero-order chi connectivity index (χ0) is 22.5. The van der Waals surface area contributed by atoms with Crippen molar-refractivity contribution in [2.45, 2.75) is 25.6 Å². The number of amides is 1. The highest BCUT2D eigenvalue weighted by Gasteiger charge is 2.16. The lowest BCUT2D eigenvalue weighted by molar-refractivity contribution is -0.120. The number of aromatic nitrogens is 3. The van der Waals surface area contributed by atoms with Gasteiger partial charge < -0.3 is 25.7 Å². The number of benzene rings is 1. The van der Waals surface area contributed by atoms with E-state index in [1.54, 1.807) is 6.07 Å². The third-order valence-corrected chi connectivity index (χ3v) is 5.31. The van der Waals surface area contributed by atoms with E-state index in [0.717, 1.165) is 19.5 Å². The van der Waals surface area contributed by atoms with Crippen molar-refractivity contribution in [3.05, 3.63) is 63.2 Å². The number of hydrogen-bond acceptors (Lipinski definition) is 7. The molecule has 3 heterocycles. The molecule has 4 rings (SSSR count). The number of carbonyl (C=O) groups is 1. The number of nitrogens with zero attached hydrogens (tertiary/aromatic N) is 2. The lowest BCUT2D eigenvalue weighted by Crippen LogP contribution is -2.41. The van der Waals surface area contributed by atoms with Gasteiger partial charge in [-0.15, -0.1) is 0 Å². The largest absolute Gasteiger partial charge is 0.486 e. The van der Waals surface area contributed by atoms with E-state index >= 15 is 0 Å². The van der Waals surface area contributed by atoms with Crippen LogP contribution in [0.1, 0.15) is 17.9 Å². The summed E-state index contributed by atoms with van der Waals surface area (Å²) < 4.78 is 18.9. The number of aromatic amines is 1. The Kier molecular flexibility index (Phi) is 6.93. The van der Waals surface area contributed by atoms with Crippen LogP contribution in [-0.2, 0) is 17.9 Å². The molecule has 0 aliphatic carbocycles. The number of carbonyl (C=O) groups excluding carboxylic acids is 1. The average molecular weight is 461 g/mol. The molecule has 1 unspecified atom stereocenters. The van der Waals surface area contributed by atoms with Gasteiger partial charge in [0.1, 0.15) is 29.5 Å². The summed E-state index contributed by atoms with van der Waals surface area (Å²) in [5.41, 5.74) is 0.621. The Morgan fingerprint density at radius 1 is 1.34 bits per heavy atom. The number of halogens is 2. The minimum Gasteiger partial charge on any atom is -0.486 e. The van der Waals surface area contributed by atoms with E-state index in [4.69, 9.17) is 16.3 Å². The zero-order valence-corrected chi connectivity index (χ0v) is 17.8. The molecule has 1 aliphatic rings. The highest BCUT2D eigenvalue weighted by molar-refractivity contribution is 6.30. The minimum absolute atomic E-state index is 0.0489. The van der Waals surface area contributed by atoms with Gasteiger partial charge in [0.15, 0.2) is 0 Å². The summed E-state index contributed by atoms with van der Waals surface area (Å²) in [6.45, 7) is 2.01. The third-order valence-electron chi connectivity index (χ3n) is 5.02. The van der Waals surface area contributed by atoms with E-state index in [0.29, 0.717) is 22.3 Å². The first-order valence-corrected chi connectivity index (χ1v) is 10.5. The summed E-state index contributed by atoms with van der Waals surface area (Å²) >= 11 is 5.76. The van der Waals surface area contributed by atoms with E-state index in [2.05, 4.69) is 30.9 Å². The molecule has 168 valence electrons. The van der Waals surface area contributed by atoms with E-state index in [1.165, 1.54) is 24.4 Å². The van der Waals surface area contributed by atoms with Crippen LogP contribution in [0, 0.1) is 5.82 Å². The highest BCUT2D eigenvalue weighted by Crippen LogP contribution is 2.21. The average Bonchev–Trinajstić information content (AvgIpc) is 3.28. The Balaban J connectivity index is 1.43. The van der Waals surface area contributed by atoms with Crippen LogP contribution < -0.4 is 26.2 Å². The second-order valence-electron chi connectivity index (χ2n) is 7.39. The van der Waals surface area contributed by atoms with Gasteiger partial charge in [-0.3, -0.25) is 14.6 Å². The molecule has 3 aromatic rings. The summed E-state index contributed by atoms with van der Waals surface area (Å²) in [6.07, 6.45) is 2.44. The number of H-pyrrole nitrogens is 1. The Morgan fingerprint density at radius 3 is 3.00 bits per heavy atom. The van der Waals surface area contributed by atoms with E-state index < -0.39 is 5.82 Å². The molecule has 9 nitrogen and oxygen atoms in total. The maximum Gasteiger partial charge on any atom is 0.258 e. The van der Waals surface area contributed by atoms with Gasteiger partial charge in [-0.25, -0.2) is 9.37 Å². The maximum atomic E-state index is 13.3. The quantitative estimate of drug-likeness (QED) is 0.399. The first kappa shape index (κ1) is 22.1. The van der Waals surface area contributed by atoms with Crippen LogP contribution >= 0.6 is 11.6 Å². The summed E-state index contributed by atoms with van der Waals surface area (Å²) in [5, 5.41) is 9.52. The molecule has 4 N–H and O–H groups in total. The van der Waals surface area contributed by atoms with E-state index in [9.17, 15) is 14.0 Å². The summed E-state index contributed by atoms with van der Waals surface area (Å²) in [4.78, 5) is 36.0. The normalized spacial score (nSPS) is 15.8.